The van der Waals surface area contributed by atoms with Gasteiger partial charge < -0.3 is 4.37 Å². The van der Waals surface area contributed by atoms with E-state index in [2.05, 4.69) is 18.2 Å². The van der Waals surface area contributed by atoms with E-state index in [1.54, 1.807) is 0 Å². The van der Waals surface area contributed by atoms with Crippen LogP contribution in [-0.2, 0) is 4.37 Å². The van der Waals surface area contributed by atoms with Crippen molar-refractivity contribution in [2.24, 2.45) is 5.92 Å². The zero-order valence-corrected chi connectivity index (χ0v) is 5.69. The van der Waals surface area contributed by atoms with E-state index in [1.807, 2.05) is 14.2 Å². The molecule has 0 aromatic heterocycles. The lowest BCUT2D eigenvalue weighted by Gasteiger charge is -2.08. The lowest BCUT2D eigenvalue weighted by Crippen LogP contribution is -2.09. The quantitative estimate of drug-likeness (QED) is 0.465. The minimum atomic E-state index is 0.764. The van der Waals surface area contributed by atoms with Crippen LogP contribution in [0.1, 0.15) is 13.8 Å². The van der Waals surface area contributed by atoms with Gasteiger partial charge in [0.05, 0.1) is 0 Å². The van der Waals surface area contributed by atoms with Crippen LogP contribution in [0.25, 0.3) is 0 Å². The summed E-state index contributed by atoms with van der Waals surface area (Å²) < 4.78 is 2.86. The van der Waals surface area contributed by atoms with Crippen LogP contribution in [0.5, 0.6) is 0 Å². The molecule has 0 saturated carbocycles. The van der Waals surface area contributed by atoms with E-state index in [4.69, 9.17) is 0 Å². The standard InChI is InChI=1S/C6H15O/c1-6(2)5-7(3)4/h6H,5H2,1-4H3/q+1. The first-order valence-corrected chi connectivity index (χ1v) is 2.67. The molecule has 0 N–H and O–H groups in total. The van der Waals surface area contributed by atoms with Crippen LogP contribution < -0.4 is 0 Å². The average Bonchev–Trinajstić information content (AvgIpc) is 1.27. The molecule has 0 fully saturated rings. The van der Waals surface area contributed by atoms with Crippen molar-refractivity contribution in [2.45, 2.75) is 13.8 Å². The third-order valence-corrected chi connectivity index (χ3v) is 0.667. The van der Waals surface area contributed by atoms with Gasteiger partial charge in [0.2, 0.25) is 0 Å². The summed E-state index contributed by atoms with van der Waals surface area (Å²) in [5.41, 5.74) is 0. The molecule has 0 radical (unpaired) electrons. The van der Waals surface area contributed by atoms with Crippen LogP contribution in [0.3, 0.4) is 0 Å². The van der Waals surface area contributed by atoms with Gasteiger partial charge in [-0.2, -0.15) is 0 Å². The van der Waals surface area contributed by atoms with E-state index in [1.165, 1.54) is 0 Å². The predicted molar refractivity (Wildman–Crippen MR) is 32.6 cm³/mol. The molecule has 0 aliphatic carbocycles. The van der Waals surface area contributed by atoms with Crippen molar-refractivity contribution in [3.05, 3.63) is 0 Å². The minimum absolute atomic E-state index is 0.764. The van der Waals surface area contributed by atoms with Gasteiger partial charge in [-0.15, -0.1) is 0 Å². The molecule has 44 valence electrons. The number of hydrogen-bond donors (Lipinski definition) is 0. The Bertz CT molecular complexity index is 33.4. The fourth-order valence-electron chi connectivity index (χ4n) is 0.667. The number of rotatable bonds is 2. The monoisotopic (exact) mass is 103 g/mol. The second kappa shape index (κ2) is 3.03. The highest BCUT2D eigenvalue weighted by molar-refractivity contribution is 4.38. The van der Waals surface area contributed by atoms with Crippen molar-refractivity contribution in [1.82, 2.24) is 0 Å². The van der Waals surface area contributed by atoms with Crippen LogP contribution >= 0.6 is 0 Å². The first kappa shape index (κ1) is 6.96. The van der Waals surface area contributed by atoms with E-state index in [0.717, 1.165) is 12.5 Å². The maximum absolute atomic E-state index is 2.86. The molecule has 1 heteroatoms. The van der Waals surface area contributed by atoms with Gasteiger partial charge in [0, 0.05) is 5.92 Å². The van der Waals surface area contributed by atoms with E-state index in [0.29, 0.717) is 0 Å². The Kier molecular flexibility index (Phi) is 3.01. The highest BCUT2D eigenvalue weighted by Gasteiger charge is 1.97. The SMILES string of the molecule is CC(C)C[O+](C)C. The van der Waals surface area contributed by atoms with Gasteiger partial charge in [0.25, 0.3) is 0 Å². The molecule has 0 aliphatic heterocycles. The Morgan fingerprint density at radius 1 is 1.29 bits per heavy atom. The van der Waals surface area contributed by atoms with Gasteiger partial charge >= 0.3 is 0 Å². The topological polar surface area (TPSA) is 2.70 Å². The smallest absolute Gasteiger partial charge is 0.147 e. The summed E-state index contributed by atoms with van der Waals surface area (Å²) >= 11 is 0. The molecule has 0 atom stereocenters. The second-order valence-electron chi connectivity index (χ2n) is 2.55. The molecule has 7 heavy (non-hydrogen) atoms. The molecule has 0 saturated heterocycles. The summed E-state index contributed by atoms with van der Waals surface area (Å²) in [6.45, 7) is 5.51. The summed E-state index contributed by atoms with van der Waals surface area (Å²) in [4.78, 5) is 0. The zero-order chi connectivity index (χ0) is 5.86. The van der Waals surface area contributed by atoms with E-state index in [9.17, 15) is 0 Å². The highest BCUT2D eigenvalue weighted by Crippen LogP contribution is 1.94. The molecule has 0 aromatic carbocycles. The molecule has 0 heterocycles. The van der Waals surface area contributed by atoms with Crippen molar-refractivity contribution in [3.63, 3.8) is 0 Å². The lowest BCUT2D eigenvalue weighted by molar-refractivity contribution is -0.0687. The second-order valence-corrected chi connectivity index (χ2v) is 2.55. The Balaban J connectivity index is 2.95. The fourth-order valence-corrected chi connectivity index (χ4v) is 0.667. The third kappa shape index (κ3) is 5.96. The maximum atomic E-state index is 2.86. The Hall–Kier alpha value is -0.0400. The van der Waals surface area contributed by atoms with Gasteiger partial charge in [-0.05, 0) is 0 Å². The van der Waals surface area contributed by atoms with Gasteiger partial charge in [-0.1, -0.05) is 13.8 Å². The average molecular weight is 103 g/mol. The molecular formula is C6H15O+. The molecule has 0 aromatic rings. The molecular weight excluding hydrogens is 88.1 g/mol. The first-order chi connectivity index (χ1) is 3.13. The van der Waals surface area contributed by atoms with Crippen LogP contribution in [0.2, 0.25) is 0 Å². The van der Waals surface area contributed by atoms with E-state index >= 15 is 0 Å². The summed E-state index contributed by atoms with van der Waals surface area (Å²) in [7, 11) is 4.03. The van der Waals surface area contributed by atoms with Crippen molar-refractivity contribution in [3.8, 4) is 0 Å². The molecule has 0 spiro atoms. The largest absolute Gasteiger partial charge is 0.426 e. The predicted octanol–water partition coefficient (Wildman–Crippen LogP) is 1.45. The third-order valence-electron chi connectivity index (χ3n) is 0.667. The molecule has 0 bridgehead atoms. The number of hydrogen-bond acceptors (Lipinski definition) is 0. The lowest BCUT2D eigenvalue weighted by atomic mass is 10.2. The summed E-state index contributed by atoms with van der Waals surface area (Å²) in [5.74, 6) is 0.764. The first-order valence-electron chi connectivity index (χ1n) is 2.67. The van der Waals surface area contributed by atoms with Gasteiger partial charge in [-0.3, -0.25) is 0 Å². The minimum Gasteiger partial charge on any atom is -0.426 e. The molecule has 1 nitrogen and oxygen atoms in total. The van der Waals surface area contributed by atoms with Crippen molar-refractivity contribution >= 4 is 0 Å². The molecule has 0 aliphatic rings. The van der Waals surface area contributed by atoms with Crippen molar-refractivity contribution in [2.75, 3.05) is 20.8 Å². The zero-order valence-electron chi connectivity index (χ0n) is 5.69. The van der Waals surface area contributed by atoms with E-state index in [-0.39, 0.29) is 0 Å². The Morgan fingerprint density at radius 3 is 1.71 bits per heavy atom. The van der Waals surface area contributed by atoms with Crippen molar-refractivity contribution < 1.29 is 4.37 Å². The van der Waals surface area contributed by atoms with Gasteiger partial charge in [-0.25, -0.2) is 0 Å². The van der Waals surface area contributed by atoms with Crippen LogP contribution in [0.15, 0.2) is 0 Å². The summed E-state index contributed by atoms with van der Waals surface area (Å²) in [6.07, 6.45) is 0. The Labute approximate surface area is 46.0 Å². The van der Waals surface area contributed by atoms with Gasteiger partial charge in [0.15, 0.2) is 0 Å². The summed E-state index contributed by atoms with van der Waals surface area (Å²) in [5, 5.41) is 0. The molecule has 0 rings (SSSR count). The fraction of sp³-hybridized carbons (Fsp3) is 1.00. The summed E-state index contributed by atoms with van der Waals surface area (Å²) in [6, 6.07) is 0. The van der Waals surface area contributed by atoms with E-state index < -0.39 is 0 Å². The Morgan fingerprint density at radius 2 is 1.71 bits per heavy atom. The maximum Gasteiger partial charge on any atom is 0.147 e. The van der Waals surface area contributed by atoms with Crippen LogP contribution in [0, 0.1) is 5.92 Å². The highest BCUT2D eigenvalue weighted by atomic mass is 16.7. The van der Waals surface area contributed by atoms with Crippen LogP contribution in [-0.4, -0.2) is 20.8 Å². The molecule has 0 unspecified atom stereocenters. The van der Waals surface area contributed by atoms with Gasteiger partial charge in [0.1, 0.15) is 20.8 Å². The normalized spacial score (nSPS) is 11.1. The van der Waals surface area contributed by atoms with Crippen molar-refractivity contribution in [1.29, 1.82) is 0 Å². The molecule has 0 amide bonds. The van der Waals surface area contributed by atoms with Crippen LogP contribution in [0.4, 0.5) is 0 Å².